The molecule has 0 amide bonds. The Morgan fingerprint density at radius 3 is 2.38 bits per heavy atom. The van der Waals surface area contributed by atoms with Crippen LogP contribution in [0.3, 0.4) is 0 Å². The van der Waals surface area contributed by atoms with Gasteiger partial charge < -0.3 is 5.11 Å². The van der Waals surface area contributed by atoms with Gasteiger partial charge in [-0.1, -0.05) is 36.8 Å². The third-order valence-electron chi connectivity index (χ3n) is 2.53. The summed E-state index contributed by atoms with van der Waals surface area (Å²) in [5.74, 6) is 0.548. The molecule has 0 aromatic heterocycles. The zero-order chi connectivity index (χ0) is 12.1. The molecule has 2 unspecified atom stereocenters. The molecule has 0 saturated heterocycles. The van der Waals surface area contributed by atoms with Crippen molar-refractivity contribution in [1.29, 1.82) is 0 Å². The normalized spacial score (nSPS) is 14.5. The molecule has 88 valence electrons. The van der Waals surface area contributed by atoms with Crippen LogP contribution in [-0.2, 0) is 0 Å². The molecule has 0 aliphatic carbocycles. The van der Waals surface area contributed by atoms with Crippen molar-refractivity contribution in [3.63, 3.8) is 0 Å². The van der Waals surface area contributed by atoms with Crippen LogP contribution in [0.1, 0.15) is 29.8 Å². The molecule has 3 heteroatoms. The standard InChI is InChI=1S/C13H18O2S/c1-9-4-6-12(7-5-9)13(15)8-16-11(3)10(2)14/h4-7,10-11,14H,8H2,1-3H3. The molecular weight excluding hydrogens is 220 g/mol. The molecule has 2 nitrogen and oxygen atoms in total. The lowest BCUT2D eigenvalue weighted by Crippen LogP contribution is -2.17. The van der Waals surface area contributed by atoms with Crippen LogP contribution in [-0.4, -0.2) is 28.0 Å². The summed E-state index contributed by atoms with van der Waals surface area (Å²) >= 11 is 1.49. The molecule has 1 N–H and O–H groups in total. The summed E-state index contributed by atoms with van der Waals surface area (Å²) in [6.07, 6.45) is -0.379. The number of hydrogen-bond donors (Lipinski definition) is 1. The first-order valence-corrected chi connectivity index (χ1v) is 6.45. The molecule has 0 radical (unpaired) electrons. The Hall–Kier alpha value is -0.800. The van der Waals surface area contributed by atoms with Crippen LogP contribution < -0.4 is 0 Å². The van der Waals surface area contributed by atoms with Crippen molar-refractivity contribution in [2.45, 2.75) is 32.1 Å². The van der Waals surface area contributed by atoms with Crippen molar-refractivity contribution < 1.29 is 9.90 Å². The fourth-order valence-corrected chi connectivity index (χ4v) is 2.03. The minimum Gasteiger partial charge on any atom is -0.392 e. The van der Waals surface area contributed by atoms with Crippen LogP contribution in [0.5, 0.6) is 0 Å². The Bertz CT molecular complexity index is 343. The van der Waals surface area contributed by atoms with Gasteiger partial charge in [-0.05, 0) is 13.8 Å². The molecule has 16 heavy (non-hydrogen) atoms. The molecule has 1 aromatic carbocycles. The summed E-state index contributed by atoms with van der Waals surface area (Å²) in [5, 5.41) is 9.40. The van der Waals surface area contributed by atoms with Gasteiger partial charge in [-0.15, -0.1) is 11.8 Å². The van der Waals surface area contributed by atoms with Crippen LogP contribution in [0.4, 0.5) is 0 Å². The number of aryl methyl sites for hydroxylation is 1. The number of benzene rings is 1. The van der Waals surface area contributed by atoms with Gasteiger partial charge in [0.05, 0.1) is 11.9 Å². The predicted octanol–water partition coefficient (Wildman–Crippen LogP) is 2.68. The number of carbonyl (C=O) groups excluding carboxylic acids is 1. The summed E-state index contributed by atoms with van der Waals surface area (Å²) in [5.41, 5.74) is 1.90. The monoisotopic (exact) mass is 238 g/mol. The highest BCUT2D eigenvalue weighted by molar-refractivity contribution is 8.00. The maximum absolute atomic E-state index is 11.8. The van der Waals surface area contributed by atoms with Crippen LogP contribution in [0.15, 0.2) is 24.3 Å². The second-order valence-electron chi connectivity index (χ2n) is 4.05. The topological polar surface area (TPSA) is 37.3 Å². The Morgan fingerprint density at radius 1 is 1.31 bits per heavy atom. The van der Waals surface area contributed by atoms with E-state index in [1.165, 1.54) is 11.8 Å². The zero-order valence-electron chi connectivity index (χ0n) is 9.93. The summed E-state index contributed by atoms with van der Waals surface area (Å²) in [7, 11) is 0. The second-order valence-corrected chi connectivity index (χ2v) is 5.41. The molecule has 0 bridgehead atoms. The summed E-state index contributed by atoms with van der Waals surface area (Å²) in [4.78, 5) is 11.8. The fraction of sp³-hybridized carbons (Fsp3) is 0.462. The van der Waals surface area contributed by atoms with Gasteiger partial charge in [0.15, 0.2) is 5.78 Å². The first-order chi connectivity index (χ1) is 7.50. The van der Waals surface area contributed by atoms with E-state index in [4.69, 9.17) is 0 Å². The quantitative estimate of drug-likeness (QED) is 0.801. The molecule has 0 aliphatic heterocycles. The lowest BCUT2D eigenvalue weighted by molar-refractivity contribution is 0.102. The third kappa shape index (κ3) is 3.99. The fourth-order valence-electron chi connectivity index (χ4n) is 1.17. The van der Waals surface area contributed by atoms with Crippen molar-refractivity contribution in [1.82, 2.24) is 0 Å². The van der Waals surface area contributed by atoms with Gasteiger partial charge in [0.2, 0.25) is 0 Å². The number of rotatable bonds is 5. The molecule has 0 fully saturated rings. The Labute approximate surface area is 101 Å². The summed E-state index contributed by atoms with van der Waals surface area (Å²) < 4.78 is 0. The SMILES string of the molecule is Cc1ccc(C(=O)CSC(C)C(C)O)cc1. The van der Waals surface area contributed by atoms with Crippen LogP contribution in [0.25, 0.3) is 0 Å². The number of ketones is 1. The van der Waals surface area contributed by atoms with Crippen LogP contribution in [0.2, 0.25) is 0 Å². The Morgan fingerprint density at radius 2 is 1.88 bits per heavy atom. The lowest BCUT2D eigenvalue weighted by atomic mass is 10.1. The van der Waals surface area contributed by atoms with Crippen molar-refractivity contribution in [3.8, 4) is 0 Å². The molecule has 0 heterocycles. The number of Topliss-reactive ketones (excluding diaryl/α,β-unsaturated/α-hetero) is 1. The van der Waals surface area contributed by atoms with Gasteiger partial charge in [0.1, 0.15) is 0 Å². The third-order valence-corrected chi connectivity index (χ3v) is 3.88. The number of aliphatic hydroxyl groups is 1. The van der Waals surface area contributed by atoms with Gasteiger partial charge in [0.25, 0.3) is 0 Å². The van der Waals surface area contributed by atoms with Crippen LogP contribution >= 0.6 is 11.8 Å². The number of carbonyl (C=O) groups is 1. The van der Waals surface area contributed by atoms with Crippen molar-refractivity contribution >= 4 is 17.5 Å². The van der Waals surface area contributed by atoms with E-state index in [1.807, 2.05) is 38.1 Å². The van der Waals surface area contributed by atoms with Crippen molar-refractivity contribution in [3.05, 3.63) is 35.4 Å². The Kier molecular flexibility index (Phi) is 5.03. The highest BCUT2D eigenvalue weighted by Crippen LogP contribution is 2.16. The second kappa shape index (κ2) is 6.06. The predicted molar refractivity (Wildman–Crippen MR) is 69.1 cm³/mol. The minimum atomic E-state index is -0.379. The highest BCUT2D eigenvalue weighted by Gasteiger charge is 2.12. The molecule has 0 spiro atoms. The Balaban J connectivity index is 2.50. The first-order valence-electron chi connectivity index (χ1n) is 5.40. The molecule has 0 saturated carbocycles. The van der Waals surface area contributed by atoms with Crippen molar-refractivity contribution in [2.75, 3.05) is 5.75 Å². The average molecular weight is 238 g/mol. The van der Waals surface area contributed by atoms with E-state index >= 15 is 0 Å². The summed E-state index contributed by atoms with van der Waals surface area (Å²) in [6, 6.07) is 7.59. The van der Waals surface area contributed by atoms with E-state index in [9.17, 15) is 9.90 Å². The van der Waals surface area contributed by atoms with E-state index in [1.54, 1.807) is 6.92 Å². The van der Waals surface area contributed by atoms with Crippen molar-refractivity contribution in [2.24, 2.45) is 0 Å². The van der Waals surface area contributed by atoms with E-state index in [0.717, 1.165) is 11.1 Å². The maximum Gasteiger partial charge on any atom is 0.172 e. The van der Waals surface area contributed by atoms with E-state index in [-0.39, 0.29) is 17.1 Å². The number of aliphatic hydroxyl groups excluding tert-OH is 1. The van der Waals surface area contributed by atoms with E-state index in [0.29, 0.717) is 5.75 Å². The van der Waals surface area contributed by atoms with Gasteiger partial charge in [0, 0.05) is 10.8 Å². The van der Waals surface area contributed by atoms with Gasteiger partial charge >= 0.3 is 0 Å². The lowest BCUT2D eigenvalue weighted by Gasteiger charge is -2.13. The van der Waals surface area contributed by atoms with Gasteiger partial charge in [-0.3, -0.25) is 4.79 Å². The molecule has 1 rings (SSSR count). The number of hydrogen-bond acceptors (Lipinski definition) is 3. The molecule has 1 aromatic rings. The molecular formula is C13H18O2S. The largest absolute Gasteiger partial charge is 0.392 e. The van der Waals surface area contributed by atoms with Gasteiger partial charge in [-0.25, -0.2) is 0 Å². The number of thioether (sulfide) groups is 1. The smallest absolute Gasteiger partial charge is 0.172 e. The molecule has 2 atom stereocenters. The zero-order valence-corrected chi connectivity index (χ0v) is 10.8. The first kappa shape index (κ1) is 13.3. The maximum atomic E-state index is 11.8. The van der Waals surface area contributed by atoms with E-state index in [2.05, 4.69) is 0 Å². The minimum absolute atomic E-state index is 0.0920. The highest BCUT2D eigenvalue weighted by atomic mass is 32.2. The summed E-state index contributed by atoms with van der Waals surface area (Å²) in [6.45, 7) is 5.67. The van der Waals surface area contributed by atoms with Gasteiger partial charge in [-0.2, -0.15) is 0 Å². The average Bonchev–Trinajstić information content (AvgIpc) is 2.26. The van der Waals surface area contributed by atoms with E-state index < -0.39 is 0 Å². The van der Waals surface area contributed by atoms with Crippen LogP contribution in [0, 0.1) is 6.92 Å². The molecule has 0 aliphatic rings.